The number of aromatic nitrogens is 4. The highest BCUT2D eigenvalue weighted by Crippen LogP contribution is 2.30. The van der Waals surface area contributed by atoms with E-state index in [1.54, 1.807) is 36.7 Å². The fraction of sp³-hybridized carbons (Fsp3) is 0.368. The van der Waals surface area contributed by atoms with E-state index in [1.807, 2.05) is 13.8 Å². The van der Waals surface area contributed by atoms with Crippen molar-refractivity contribution in [3.05, 3.63) is 53.8 Å². The Hall–Kier alpha value is -2.65. The Morgan fingerprint density at radius 2 is 1.86 bits per heavy atom. The standard InChI is InChI=1S/C19H21N5O3S/c1-13-5-7-16(8-6-13)28(25,26)24-9-3-4-15(12-24)18-22-23-19(27-18)17-11-20-14(2)10-21-17/h5-8,10-11,15H,3-4,9,12H2,1-2H3/t15-/m1/s1. The number of nitrogens with zero attached hydrogens (tertiary/aromatic N) is 5. The van der Waals surface area contributed by atoms with Crippen LogP contribution in [0.15, 0.2) is 46.0 Å². The maximum Gasteiger partial charge on any atom is 0.267 e. The maximum absolute atomic E-state index is 13.0. The maximum atomic E-state index is 13.0. The fourth-order valence-corrected chi connectivity index (χ4v) is 4.75. The quantitative estimate of drug-likeness (QED) is 0.664. The average Bonchev–Trinajstić information content (AvgIpc) is 3.19. The van der Waals surface area contributed by atoms with Crippen molar-refractivity contribution in [2.75, 3.05) is 13.1 Å². The molecule has 0 unspecified atom stereocenters. The van der Waals surface area contributed by atoms with Crippen molar-refractivity contribution in [3.8, 4) is 11.6 Å². The molecule has 0 saturated carbocycles. The first-order valence-electron chi connectivity index (χ1n) is 9.13. The molecule has 3 aromatic rings. The van der Waals surface area contributed by atoms with Crippen LogP contribution in [0.4, 0.5) is 0 Å². The van der Waals surface area contributed by atoms with E-state index in [2.05, 4.69) is 20.2 Å². The van der Waals surface area contributed by atoms with Gasteiger partial charge in [0, 0.05) is 19.3 Å². The third-order valence-electron chi connectivity index (χ3n) is 4.83. The summed E-state index contributed by atoms with van der Waals surface area (Å²) in [5.41, 5.74) is 2.32. The number of benzene rings is 1. The zero-order valence-corrected chi connectivity index (χ0v) is 16.6. The van der Waals surface area contributed by atoms with Gasteiger partial charge in [0.25, 0.3) is 5.89 Å². The van der Waals surface area contributed by atoms with E-state index in [0.717, 1.165) is 24.1 Å². The highest BCUT2D eigenvalue weighted by Gasteiger charge is 2.33. The van der Waals surface area contributed by atoms with Crippen LogP contribution in [-0.4, -0.2) is 46.0 Å². The number of piperidine rings is 1. The third kappa shape index (κ3) is 3.67. The molecule has 0 amide bonds. The van der Waals surface area contributed by atoms with Crippen molar-refractivity contribution in [2.24, 2.45) is 0 Å². The molecule has 0 aliphatic carbocycles. The van der Waals surface area contributed by atoms with E-state index in [0.29, 0.717) is 35.5 Å². The van der Waals surface area contributed by atoms with Crippen LogP contribution in [0.25, 0.3) is 11.6 Å². The van der Waals surface area contributed by atoms with Crippen LogP contribution in [0.5, 0.6) is 0 Å². The van der Waals surface area contributed by atoms with E-state index in [9.17, 15) is 8.42 Å². The van der Waals surface area contributed by atoms with Crippen LogP contribution >= 0.6 is 0 Å². The Morgan fingerprint density at radius 1 is 1.07 bits per heavy atom. The van der Waals surface area contributed by atoms with Gasteiger partial charge in [-0.2, -0.15) is 4.31 Å². The second-order valence-corrected chi connectivity index (χ2v) is 8.94. The zero-order valence-electron chi connectivity index (χ0n) is 15.7. The summed E-state index contributed by atoms with van der Waals surface area (Å²) in [5.74, 6) is 0.579. The lowest BCUT2D eigenvalue weighted by molar-refractivity contribution is 0.286. The van der Waals surface area contributed by atoms with Gasteiger partial charge < -0.3 is 4.42 Å². The monoisotopic (exact) mass is 399 g/mol. The van der Waals surface area contributed by atoms with Gasteiger partial charge in [0.05, 0.1) is 22.7 Å². The molecule has 1 atom stereocenters. The van der Waals surface area contributed by atoms with Gasteiger partial charge >= 0.3 is 0 Å². The topological polar surface area (TPSA) is 102 Å². The van der Waals surface area contributed by atoms with Crippen molar-refractivity contribution >= 4 is 10.0 Å². The minimum atomic E-state index is -3.55. The minimum absolute atomic E-state index is 0.145. The first-order valence-corrected chi connectivity index (χ1v) is 10.6. The first-order chi connectivity index (χ1) is 13.4. The summed E-state index contributed by atoms with van der Waals surface area (Å²) in [6.07, 6.45) is 4.75. The molecule has 0 radical (unpaired) electrons. The Balaban J connectivity index is 1.54. The van der Waals surface area contributed by atoms with Crippen LogP contribution < -0.4 is 0 Å². The number of hydrogen-bond acceptors (Lipinski definition) is 7. The fourth-order valence-electron chi connectivity index (χ4n) is 3.23. The van der Waals surface area contributed by atoms with E-state index in [1.165, 1.54) is 4.31 Å². The van der Waals surface area contributed by atoms with Gasteiger partial charge in [-0.3, -0.25) is 4.98 Å². The smallest absolute Gasteiger partial charge is 0.267 e. The van der Waals surface area contributed by atoms with Gasteiger partial charge in [0.1, 0.15) is 5.69 Å². The Morgan fingerprint density at radius 3 is 2.57 bits per heavy atom. The SMILES string of the molecule is Cc1ccc(S(=O)(=O)N2CCC[C@@H](c3nnc(-c4cnc(C)cn4)o3)C2)cc1. The van der Waals surface area contributed by atoms with Crippen molar-refractivity contribution in [1.82, 2.24) is 24.5 Å². The summed E-state index contributed by atoms with van der Waals surface area (Å²) < 4.78 is 33.2. The number of aryl methyl sites for hydroxylation is 2. The predicted molar refractivity (Wildman–Crippen MR) is 102 cm³/mol. The van der Waals surface area contributed by atoms with E-state index in [4.69, 9.17) is 4.42 Å². The molecule has 1 aliphatic rings. The first kappa shape index (κ1) is 18.7. The summed E-state index contributed by atoms with van der Waals surface area (Å²) in [6, 6.07) is 6.91. The molecule has 0 spiro atoms. The molecule has 2 aromatic heterocycles. The van der Waals surface area contributed by atoms with Crippen molar-refractivity contribution < 1.29 is 12.8 Å². The zero-order chi connectivity index (χ0) is 19.7. The summed E-state index contributed by atoms with van der Waals surface area (Å²) in [7, 11) is -3.55. The van der Waals surface area contributed by atoms with E-state index < -0.39 is 10.0 Å². The van der Waals surface area contributed by atoms with Crippen molar-refractivity contribution in [2.45, 2.75) is 37.5 Å². The molecule has 0 N–H and O–H groups in total. The van der Waals surface area contributed by atoms with Crippen molar-refractivity contribution in [1.29, 1.82) is 0 Å². The molecule has 4 rings (SSSR count). The van der Waals surface area contributed by atoms with Gasteiger partial charge in [-0.05, 0) is 38.8 Å². The van der Waals surface area contributed by atoms with Gasteiger partial charge in [-0.1, -0.05) is 17.7 Å². The van der Waals surface area contributed by atoms with E-state index in [-0.39, 0.29) is 5.92 Å². The van der Waals surface area contributed by atoms with E-state index >= 15 is 0 Å². The molecule has 1 saturated heterocycles. The van der Waals surface area contributed by atoms with Crippen LogP contribution in [0.2, 0.25) is 0 Å². The predicted octanol–water partition coefficient (Wildman–Crippen LogP) is 2.71. The largest absolute Gasteiger partial charge is 0.419 e. The van der Waals surface area contributed by atoms with Crippen molar-refractivity contribution in [3.63, 3.8) is 0 Å². The molecule has 9 heteroatoms. The minimum Gasteiger partial charge on any atom is -0.419 e. The Kier molecular flexibility index (Phi) is 4.94. The van der Waals surface area contributed by atoms with Gasteiger partial charge in [-0.15, -0.1) is 10.2 Å². The molecule has 0 bridgehead atoms. The molecular formula is C19H21N5O3S. The lowest BCUT2D eigenvalue weighted by Gasteiger charge is -2.30. The average molecular weight is 399 g/mol. The molecule has 146 valence electrons. The molecule has 1 aliphatic heterocycles. The van der Waals surface area contributed by atoms with Crippen LogP contribution in [0.3, 0.4) is 0 Å². The normalized spacial score (nSPS) is 18.3. The summed E-state index contributed by atoms with van der Waals surface area (Å²) in [4.78, 5) is 8.73. The molecule has 8 nitrogen and oxygen atoms in total. The Labute approximate surface area is 163 Å². The lowest BCUT2D eigenvalue weighted by atomic mass is 10.00. The van der Waals surface area contributed by atoms with Crippen LogP contribution in [0, 0.1) is 13.8 Å². The molecule has 1 aromatic carbocycles. The summed E-state index contributed by atoms with van der Waals surface area (Å²) >= 11 is 0. The summed E-state index contributed by atoms with van der Waals surface area (Å²) in [6.45, 7) is 4.58. The number of sulfonamides is 1. The number of hydrogen-bond donors (Lipinski definition) is 0. The second-order valence-electron chi connectivity index (χ2n) is 7.00. The molecule has 3 heterocycles. The second kappa shape index (κ2) is 7.40. The molecule has 1 fully saturated rings. The van der Waals surface area contributed by atoms with Crippen LogP contribution in [-0.2, 0) is 10.0 Å². The van der Waals surface area contributed by atoms with Gasteiger partial charge in [0.15, 0.2) is 0 Å². The third-order valence-corrected chi connectivity index (χ3v) is 6.71. The summed E-state index contributed by atoms with van der Waals surface area (Å²) in [5, 5.41) is 8.19. The number of rotatable bonds is 4. The Bertz CT molecular complexity index is 1060. The van der Waals surface area contributed by atoms with Gasteiger partial charge in [0.2, 0.25) is 15.9 Å². The van der Waals surface area contributed by atoms with Crippen LogP contribution in [0.1, 0.15) is 35.9 Å². The molecular weight excluding hydrogens is 378 g/mol. The molecule has 28 heavy (non-hydrogen) atoms. The highest BCUT2D eigenvalue weighted by molar-refractivity contribution is 7.89. The highest BCUT2D eigenvalue weighted by atomic mass is 32.2. The lowest BCUT2D eigenvalue weighted by Crippen LogP contribution is -2.39. The van der Waals surface area contributed by atoms with Gasteiger partial charge in [-0.25, -0.2) is 13.4 Å².